The summed E-state index contributed by atoms with van der Waals surface area (Å²) < 4.78 is 5.17. The van der Waals surface area contributed by atoms with Crippen LogP contribution in [0.5, 0.6) is 0 Å². The van der Waals surface area contributed by atoms with E-state index >= 15 is 0 Å². The summed E-state index contributed by atoms with van der Waals surface area (Å²) in [6.45, 7) is 5.34. The summed E-state index contributed by atoms with van der Waals surface area (Å²) in [5.74, 6) is -1.24. The average molecular weight is 253 g/mol. The van der Waals surface area contributed by atoms with E-state index in [4.69, 9.17) is 4.74 Å². The molecule has 18 heavy (non-hydrogen) atoms. The second-order valence-electron chi connectivity index (χ2n) is 5.98. The van der Waals surface area contributed by atoms with Crippen molar-refractivity contribution in [2.75, 3.05) is 0 Å². The predicted octanol–water partition coefficient (Wildman–Crippen LogP) is 1.79. The van der Waals surface area contributed by atoms with Crippen LogP contribution in [0.4, 0.5) is 4.79 Å². The van der Waals surface area contributed by atoms with Gasteiger partial charge in [-0.25, -0.2) is 4.79 Å². The maximum atomic E-state index is 11.7. The number of rotatable bonds is 2. The van der Waals surface area contributed by atoms with Crippen LogP contribution in [-0.4, -0.2) is 28.8 Å². The van der Waals surface area contributed by atoms with Crippen LogP contribution in [0.2, 0.25) is 0 Å². The standard InChI is InChI=1S/C13H19NO4/c1-13(2,3)18-12(17)14-10-8-5-4-7(6-8)9(10)11(15)16/h4-5,7-10H,6H2,1-3H3,(H,14,17)(H,15,16)/t7-,8-,9-,10+/m1/s1. The smallest absolute Gasteiger partial charge is 0.407 e. The first-order chi connectivity index (χ1) is 8.28. The minimum absolute atomic E-state index is 0.0347. The largest absolute Gasteiger partial charge is 0.481 e. The lowest BCUT2D eigenvalue weighted by Gasteiger charge is -2.27. The summed E-state index contributed by atoms with van der Waals surface area (Å²) in [6, 6.07) is -0.354. The molecule has 5 nitrogen and oxygen atoms in total. The highest BCUT2D eigenvalue weighted by Crippen LogP contribution is 2.43. The Balaban J connectivity index is 2.02. The number of ether oxygens (including phenoxy) is 1. The first-order valence-electron chi connectivity index (χ1n) is 6.18. The van der Waals surface area contributed by atoms with Gasteiger partial charge in [-0.1, -0.05) is 12.2 Å². The molecule has 0 aromatic carbocycles. The Kier molecular flexibility index (Phi) is 3.09. The van der Waals surface area contributed by atoms with Crippen molar-refractivity contribution >= 4 is 12.1 Å². The molecule has 0 spiro atoms. The van der Waals surface area contributed by atoms with Crippen molar-refractivity contribution < 1.29 is 19.4 Å². The molecule has 0 radical (unpaired) electrons. The molecule has 1 saturated carbocycles. The number of aliphatic carboxylic acids is 1. The lowest BCUT2D eigenvalue weighted by atomic mass is 9.89. The van der Waals surface area contributed by atoms with Gasteiger partial charge in [-0.15, -0.1) is 0 Å². The molecule has 0 aliphatic heterocycles. The number of carboxylic acids is 1. The summed E-state index contributed by atoms with van der Waals surface area (Å²) in [6.07, 6.45) is 4.19. The lowest BCUT2D eigenvalue weighted by Crippen LogP contribution is -2.47. The Bertz CT molecular complexity index is 396. The Hall–Kier alpha value is -1.52. The van der Waals surface area contributed by atoms with Gasteiger partial charge in [0.15, 0.2) is 0 Å². The molecule has 2 N–H and O–H groups in total. The molecule has 0 aromatic rings. The number of fused-ring (bicyclic) bond motifs is 2. The predicted molar refractivity (Wildman–Crippen MR) is 65.0 cm³/mol. The van der Waals surface area contributed by atoms with Gasteiger partial charge in [-0.2, -0.15) is 0 Å². The van der Waals surface area contributed by atoms with Crippen LogP contribution < -0.4 is 5.32 Å². The van der Waals surface area contributed by atoms with Gasteiger partial charge >= 0.3 is 12.1 Å². The number of hydrogen-bond donors (Lipinski definition) is 2. The van der Waals surface area contributed by atoms with E-state index in [2.05, 4.69) is 5.32 Å². The quantitative estimate of drug-likeness (QED) is 0.736. The minimum Gasteiger partial charge on any atom is -0.481 e. The number of hydrogen-bond acceptors (Lipinski definition) is 3. The van der Waals surface area contributed by atoms with Gasteiger partial charge < -0.3 is 15.2 Å². The Morgan fingerprint density at radius 3 is 2.44 bits per heavy atom. The summed E-state index contributed by atoms with van der Waals surface area (Å²) in [4.78, 5) is 23.0. The second-order valence-corrected chi connectivity index (χ2v) is 5.98. The second kappa shape index (κ2) is 4.30. The first-order valence-corrected chi connectivity index (χ1v) is 6.18. The van der Waals surface area contributed by atoms with Crippen molar-refractivity contribution in [3.63, 3.8) is 0 Å². The highest BCUT2D eigenvalue weighted by Gasteiger charge is 2.49. The monoisotopic (exact) mass is 253 g/mol. The van der Waals surface area contributed by atoms with Gasteiger partial charge in [0.2, 0.25) is 0 Å². The number of allylic oxidation sites excluding steroid dienone is 1. The van der Waals surface area contributed by atoms with Crippen LogP contribution in [0.1, 0.15) is 27.2 Å². The molecule has 2 aliphatic carbocycles. The number of carboxylic acid groups (broad SMARTS) is 1. The lowest BCUT2D eigenvalue weighted by molar-refractivity contribution is -0.143. The number of carbonyl (C=O) groups excluding carboxylic acids is 1. The van der Waals surface area contributed by atoms with Crippen molar-refractivity contribution in [1.29, 1.82) is 0 Å². The molecule has 4 atom stereocenters. The molecular weight excluding hydrogens is 234 g/mol. The third-order valence-electron chi connectivity index (χ3n) is 3.43. The van der Waals surface area contributed by atoms with E-state index in [-0.39, 0.29) is 17.9 Å². The van der Waals surface area contributed by atoms with Crippen LogP contribution >= 0.6 is 0 Å². The molecule has 100 valence electrons. The van der Waals surface area contributed by atoms with Crippen LogP contribution in [0.15, 0.2) is 12.2 Å². The fraction of sp³-hybridized carbons (Fsp3) is 0.692. The number of nitrogens with one attached hydrogen (secondary N) is 1. The maximum Gasteiger partial charge on any atom is 0.407 e. The van der Waals surface area contributed by atoms with E-state index in [0.29, 0.717) is 0 Å². The van der Waals surface area contributed by atoms with Gasteiger partial charge in [0.25, 0.3) is 0 Å². The maximum absolute atomic E-state index is 11.7. The van der Waals surface area contributed by atoms with Crippen molar-refractivity contribution in [3.8, 4) is 0 Å². The van der Waals surface area contributed by atoms with Crippen LogP contribution in [0.3, 0.4) is 0 Å². The van der Waals surface area contributed by atoms with Gasteiger partial charge in [-0.05, 0) is 39.0 Å². The van der Waals surface area contributed by atoms with Crippen LogP contribution in [-0.2, 0) is 9.53 Å². The number of carbonyl (C=O) groups is 2. The van der Waals surface area contributed by atoms with Gasteiger partial charge in [0, 0.05) is 0 Å². The van der Waals surface area contributed by atoms with Gasteiger partial charge in [-0.3, -0.25) is 4.79 Å². The molecule has 0 heterocycles. The summed E-state index contributed by atoms with van der Waals surface area (Å²) in [7, 11) is 0. The van der Waals surface area contributed by atoms with Crippen molar-refractivity contribution in [3.05, 3.63) is 12.2 Å². The summed E-state index contributed by atoms with van der Waals surface area (Å²) in [5.41, 5.74) is -0.573. The third-order valence-corrected chi connectivity index (χ3v) is 3.43. The fourth-order valence-electron chi connectivity index (χ4n) is 2.80. The third kappa shape index (κ3) is 2.49. The zero-order valence-corrected chi connectivity index (χ0v) is 10.8. The Labute approximate surface area is 106 Å². The minimum atomic E-state index is -0.854. The molecule has 5 heteroatoms. The molecule has 0 saturated heterocycles. The van der Waals surface area contributed by atoms with E-state index in [1.165, 1.54) is 0 Å². The van der Waals surface area contributed by atoms with E-state index in [0.717, 1.165) is 6.42 Å². The van der Waals surface area contributed by atoms with Crippen LogP contribution in [0, 0.1) is 17.8 Å². The van der Waals surface area contributed by atoms with E-state index in [9.17, 15) is 14.7 Å². The highest BCUT2D eigenvalue weighted by atomic mass is 16.6. The number of alkyl carbamates (subject to hydrolysis) is 1. The molecule has 2 rings (SSSR count). The molecule has 2 aliphatic rings. The molecule has 1 fully saturated rings. The SMILES string of the molecule is CC(C)(C)OC(=O)N[C@@H]1[C@H](C(=O)O)[C@@H]2C=C[C@@H]1C2. The normalized spacial score (nSPS) is 33.5. The molecule has 1 amide bonds. The van der Waals surface area contributed by atoms with Gasteiger partial charge in [0.1, 0.15) is 5.60 Å². The Morgan fingerprint density at radius 2 is 1.89 bits per heavy atom. The van der Waals surface area contributed by atoms with E-state index in [1.807, 2.05) is 12.2 Å². The molecule has 2 bridgehead atoms. The fourth-order valence-corrected chi connectivity index (χ4v) is 2.80. The summed E-state index contributed by atoms with van der Waals surface area (Å²) >= 11 is 0. The summed E-state index contributed by atoms with van der Waals surface area (Å²) in [5, 5.41) is 11.9. The molecule has 0 unspecified atom stereocenters. The zero-order chi connectivity index (χ0) is 13.5. The molecular formula is C13H19NO4. The zero-order valence-electron chi connectivity index (χ0n) is 10.8. The van der Waals surface area contributed by atoms with Crippen molar-refractivity contribution in [2.24, 2.45) is 17.8 Å². The van der Waals surface area contributed by atoms with Crippen LogP contribution in [0.25, 0.3) is 0 Å². The van der Waals surface area contributed by atoms with Crippen molar-refractivity contribution in [1.82, 2.24) is 5.32 Å². The topological polar surface area (TPSA) is 75.6 Å². The van der Waals surface area contributed by atoms with Crippen molar-refractivity contribution in [2.45, 2.75) is 38.8 Å². The highest BCUT2D eigenvalue weighted by molar-refractivity contribution is 5.75. The first kappa shape index (κ1) is 12.9. The molecule has 0 aromatic heterocycles. The Morgan fingerprint density at radius 1 is 1.28 bits per heavy atom. The van der Waals surface area contributed by atoms with Gasteiger partial charge in [0.05, 0.1) is 12.0 Å². The number of amides is 1. The van der Waals surface area contributed by atoms with E-state index in [1.54, 1.807) is 20.8 Å². The van der Waals surface area contributed by atoms with E-state index < -0.39 is 23.6 Å². The average Bonchev–Trinajstić information content (AvgIpc) is 2.73.